The second-order valence-electron chi connectivity index (χ2n) is 5.78. The van der Waals surface area contributed by atoms with Gasteiger partial charge < -0.3 is 4.90 Å². The average molecular weight is 315 g/mol. The number of aromatic nitrogens is 1. The molecule has 1 aliphatic carbocycles. The molecule has 20 heavy (non-hydrogen) atoms. The summed E-state index contributed by atoms with van der Waals surface area (Å²) >= 11 is 12.0. The molecule has 1 aromatic rings. The summed E-state index contributed by atoms with van der Waals surface area (Å²) in [5.41, 5.74) is 0.458. The first-order valence-electron chi connectivity index (χ1n) is 7.11. The van der Waals surface area contributed by atoms with Gasteiger partial charge in [-0.2, -0.15) is 0 Å². The number of carbonyl (C=O) groups is 1. The molecular weight excluding hydrogens is 295 g/mol. The molecule has 1 aromatic heterocycles. The standard InChI is InChI=1S/C15H20Cl2N2O/c1-10(2)9-19(11-5-3-4-6-11)15(20)12-7-14(17)18-8-13(12)16/h7-8,10-11H,3-6,9H2,1-2H3. The molecule has 2 rings (SSSR count). The highest BCUT2D eigenvalue weighted by Crippen LogP contribution is 2.28. The Morgan fingerprint density at radius 1 is 1.40 bits per heavy atom. The summed E-state index contributed by atoms with van der Waals surface area (Å²) in [5, 5.41) is 0.667. The molecule has 0 atom stereocenters. The summed E-state index contributed by atoms with van der Waals surface area (Å²) in [4.78, 5) is 18.7. The molecule has 0 aliphatic heterocycles. The van der Waals surface area contributed by atoms with Crippen LogP contribution in [-0.4, -0.2) is 28.4 Å². The van der Waals surface area contributed by atoms with E-state index in [1.165, 1.54) is 19.0 Å². The van der Waals surface area contributed by atoms with Crippen LogP contribution >= 0.6 is 23.2 Å². The highest BCUT2D eigenvalue weighted by Gasteiger charge is 2.29. The second-order valence-corrected chi connectivity index (χ2v) is 6.57. The Balaban J connectivity index is 2.27. The third-order valence-electron chi connectivity index (χ3n) is 3.64. The van der Waals surface area contributed by atoms with Gasteiger partial charge in [-0.15, -0.1) is 0 Å². The Bertz CT molecular complexity index is 485. The van der Waals surface area contributed by atoms with Crippen molar-refractivity contribution in [3.8, 4) is 0 Å². The van der Waals surface area contributed by atoms with E-state index in [0.717, 1.165) is 19.4 Å². The van der Waals surface area contributed by atoms with Crippen molar-refractivity contribution in [3.05, 3.63) is 28.0 Å². The normalized spacial score (nSPS) is 15.8. The summed E-state index contributed by atoms with van der Waals surface area (Å²) < 4.78 is 0. The minimum atomic E-state index is -0.0279. The number of rotatable bonds is 4. The van der Waals surface area contributed by atoms with Gasteiger partial charge in [0.2, 0.25) is 0 Å². The zero-order valence-corrected chi connectivity index (χ0v) is 13.4. The molecule has 0 spiro atoms. The molecule has 0 saturated heterocycles. The molecule has 1 aliphatic rings. The van der Waals surface area contributed by atoms with Gasteiger partial charge in [0.15, 0.2) is 0 Å². The molecule has 5 heteroatoms. The van der Waals surface area contributed by atoms with Crippen LogP contribution in [0.15, 0.2) is 12.3 Å². The van der Waals surface area contributed by atoms with Gasteiger partial charge in [-0.25, -0.2) is 4.98 Å². The molecule has 0 aromatic carbocycles. The van der Waals surface area contributed by atoms with E-state index in [4.69, 9.17) is 23.2 Å². The minimum Gasteiger partial charge on any atom is -0.335 e. The van der Waals surface area contributed by atoms with Crippen LogP contribution in [0.1, 0.15) is 49.9 Å². The summed E-state index contributed by atoms with van der Waals surface area (Å²) in [6.45, 7) is 4.99. The number of halogens is 2. The van der Waals surface area contributed by atoms with Gasteiger partial charge in [0.25, 0.3) is 5.91 Å². The lowest BCUT2D eigenvalue weighted by Gasteiger charge is -2.31. The molecular formula is C15H20Cl2N2O. The largest absolute Gasteiger partial charge is 0.335 e. The number of amides is 1. The lowest BCUT2D eigenvalue weighted by atomic mass is 10.1. The fraction of sp³-hybridized carbons (Fsp3) is 0.600. The number of carbonyl (C=O) groups excluding carboxylic acids is 1. The van der Waals surface area contributed by atoms with E-state index in [-0.39, 0.29) is 5.91 Å². The van der Waals surface area contributed by atoms with E-state index in [1.807, 2.05) is 4.90 Å². The van der Waals surface area contributed by atoms with Crippen LogP contribution in [0.2, 0.25) is 10.2 Å². The number of pyridine rings is 1. The Labute approximate surface area is 130 Å². The first-order chi connectivity index (χ1) is 9.49. The van der Waals surface area contributed by atoms with E-state index in [2.05, 4.69) is 18.8 Å². The summed E-state index contributed by atoms with van der Waals surface area (Å²) in [6.07, 6.45) is 5.98. The molecule has 1 heterocycles. The fourth-order valence-electron chi connectivity index (χ4n) is 2.74. The van der Waals surface area contributed by atoms with E-state index in [0.29, 0.717) is 27.7 Å². The maximum Gasteiger partial charge on any atom is 0.255 e. The summed E-state index contributed by atoms with van der Waals surface area (Å²) in [6, 6.07) is 1.89. The quantitative estimate of drug-likeness (QED) is 0.770. The van der Waals surface area contributed by atoms with E-state index in [9.17, 15) is 4.79 Å². The van der Waals surface area contributed by atoms with Crippen LogP contribution in [0.5, 0.6) is 0 Å². The Morgan fingerprint density at radius 3 is 2.65 bits per heavy atom. The monoisotopic (exact) mass is 314 g/mol. The van der Waals surface area contributed by atoms with E-state index < -0.39 is 0 Å². The number of hydrogen-bond donors (Lipinski definition) is 0. The van der Waals surface area contributed by atoms with Crippen LogP contribution in [0, 0.1) is 5.92 Å². The van der Waals surface area contributed by atoms with Gasteiger partial charge in [0.05, 0.1) is 10.6 Å². The molecule has 1 fully saturated rings. The SMILES string of the molecule is CC(C)CN(C(=O)c1cc(Cl)ncc1Cl)C1CCCC1. The van der Waals surface area contributed by atoms with E-state index >= 15 is 0 Å². The maximum absolute atomic E-state index is 12.8. The zero-order valence-electron chi connectivity index (χ0n) is 11.9. The predicted octanol–water partition coefficient (Wildman–Crippen LogP) is 4.43. The van der Waals surface area contributed by atoms with Gasteiger partial charge in [-0.05, 0) is 24.8 Å². The summed E-state index contributed by atoms with van der Waals surface area (Å²) in [7, 11) is 0. The third-order valence-corrected chi connectivity index (χ3v) is 4.15. The zero-order chi connectivity index (χ0) is 14.7. The van der Waals surface area contributed by atoms with Crippen LogP contribution in [0.3, 0.4) is 0 Å². The first kappa shape index (κ1) is 15.6. The van der Waals surface area contributed by atoms with Gasteiger partial charge >= 0.3 is 0 Å². The number of hydrogen-bond acceptors (Lipinski definition) is 2. The van der Waals surface area contributed by atoms with Crippen molar-refractivity contribution in [2.75, 3.05) is 6.54 Å². The Morgan fingerprint density at radius 2 is 2.05 bits per heavy atom. The van der Waals surface area contributed by atoms with Crippen LogP contribution < -0.4 is 0 Å². The molecule has 0 radical (unpaired) electrons. The third kappa shape index (κ3) is 3.64. The average Bonchev–Trinajstić information content (AvgIpc) is 2.91. The van der Waals surface area contributed by atoms with Gasteiger partial charge in [0.1, 0.15) is 5.15 Å². The molecule has 1 amide bonds. The topological polar surface area (TPSA) is 33.2 Å². The van der Waals surface area contributed by atoms with Crippen molar-refractivity contribution in [2.45, 2.75) is 45.6 Å². The van der Waals surface area contributed by atoms with Gasteiger partial charge in [-0.1, -0.05) is 49.9 Å². The molecule has 3 nitrogen and oxygen atoms in total. The lowest BCUT2D eigenvalue weighted by molar-refractivity contribution is 0.0655. The second kappa shape index (κ2) is 6.77. The van der Waals surface area contributed by atoms with Crippen molar-refractivity contribution in [1.29, 1.82) is 0 Å². The summed E-state index contributed by atoms with van der Waals surface area (Å²) in [5.74, 6) is 0.399. The van der Waals surface area contributed by atoms with Crippen LogP contribution in [-0.2, 0) is 0 Å². The van der Waals surface area contributed by atoms with Gasteiger partial charge in [0, 0.05) is 18.8 Å². The van der Waals surface area contributed by atoms with Crippen molar-refractivity contribution >= 4 is 29.1 Å². The van der Waals surface area contributed by atoms with Crippen molar-refractivity contribution in [3.63, 3.8) is 0 Å². The smallest absolute Gasteiger partial charge is 0.255 e. The fourth-order valence-corrected chi connectivity index (χ4v) is 3.08. The lowest BCUT2D eigenvalue weighted by Crippen LogP contribution is -2.41. The molecule has 110 valence electrons. The Kier molecular flexibility index (Phi) is 5.28. The highest BCUT2D eigenvalue weighted by molar-refractivity contribution is 6.35. The van der Waals surface area contributed by atoms with Crippen molar-refractivity contribution < 1.29 is 4.79 Å². The first-order valence-corrected chi connectivity index (χ1v) is 7.86. The van der Waals surface area contributed by atoms with Crippen molar-refractivity contribution in [2.24, 2.45) is 5.92 Å². The molecule has 0 unspecified atom stereocenters. The van der Waals surface area contributed by atoms with Crippen LogP contribution in [0.25, 0.3) is 0 Å². The minimum absolute atomic E-state index is 0.0279. The van der Waals surface area contributed by atoms with E-state index in [1.54, 1.807) is 6.07 Å². The number of nitrogens with zero attached hydrogens (tertiary/aromatic N) is 2. The van der Waals surface area contributed by atoms with Crippen molar-refractivity contribution in [1.82, 2.24) is 9.88 Å². The van der Waals surface area contributed by atoms with Crippen LogP contribution in [0.4, 0.5) is 0 Å². The highest BCUT2D eigenvalue weighted by atomic mass is 35.5. The molecule has 1 saturated carbocycles. The predicted molar refractivity (Wildman–Crippen MR) is 82.4 cm³/mol. The molecule has 0 bridgehead atoms. The van der Waals surface area contributed by atoms with Gasteiger partial charge in [-0.3, -0.25) is 4.79 Å². The Hall–Kier alpha value is -0.800. The molecule has 0 N–H and O–H groups in total. The maximum atomic E-state index is 12.8.